The highest BCUT2D eigenvalue weighted by atomic mass is 32.2. The lowest BCUT2D eigenvalue weighted by Gasteiger charge is -2.03. The molecule has 0 aliphatic heterocycles. The van der Waals surface area contributed by atoms with Crippen molar-refractivity contribution in [1.82, 2.24) is 0 Å². The molecule has 0 saturated heterocycles. The molecule has 0 spiro atoms. The predicted molar refractivity (Wildman–Crippen MR) is 71.0 cm³/mol. The molecule has 0 atom stereocenters. The first kappa shape index (κ1) is 11.7. The van der Waals surface area contributed by atoms with Gasteiger partial charge in [-0.15, -0.1) is 0 Å². The van der Waals surface area contributed by atoms with Crippen molar-refractivity contribution in [2.24, 2.45) is 5.16 Å². The summed E-state index contributed by atoms with van der Waals surface area (Å²) in [7, 11) is 0. The van der Waals surface area contributed by atoms with Crippen LogP contribution < -0.4 is 0 Å². The molecule has 0 aliphatic carbocycles. The predicted octanol–water partition coefficient (Wildman–Crippen LogP) is 4.04. The zero-order valence-electron chi connectivity index (χ0n) is 9.50. The van der Waals surface area contributed by atoms with Crippen LogP contribution in [0.15, 0.2) is 69.5 Å². The van der Waals surface area contributed by atoms with E-state index < -0.39 is 0 Å². The molecule has 1 N–H and O–H groups in total. The van der Waals surface area contributed by atoms with E-state index in [1.165, 1.54) is 9.79 Å². The molecular formula is C14H13NOS. The molecule has 0 aliphatic rings. The number of hydrogen-bond donors (Lipinski definition) is 1. The van der Waals surface area contributed by atoms with E-state index in [0.717, 1.165) is 5.56 Å². The Morgan fingerprint density at radius 1 is 0.941 bits per heavy atom. The lowest BCUT2D eigenvalue weighted by Crippen LogP contribution is -1.93. The van der Waals surface area contributed by atoms with Gasteiger partial charge in [-0.25, -0.2) is 0 Å². The minimum Gasteiger partial charge on any atom is -0.411 e. The highest BCUT2D eigenvalue weighted by Gasteiger charge is 1.99. The van der Waals surface area contributed by atoms with Crippen LogP contribution in [0.25, 0.3) is 0 Å². The summed E-state index contributed by atoms with van der Waals surface area (Å²) in [6, 6.07) is 18.2. The molecule has 86 valence electrons. The monoisotopic (exact) mass is 243 g/mol. The van der Waals surface area contributed by atoms with Crippen molar-refractivity contribution in [2.75, 3.05) is 0 Å². The van der Waals surface area contributed by atoms with Crippen molar-refractivity contribution in [3.63, 3.8) is 0 Å². The molecule has 0 heterocycles. The fourth-order valence-corrected chi connectivity index (χ4v) is 2.28. The zero-order valence-corrected chi connectivity index (χ0v) is 10.3. The van der Waals surface area contributed by atoms with Crippen molar-refractivity contribution in [1.29, 1.82) is 0 Å². The number of hydrogen-bond acceptors (Lipinski definition) is 3. The van der Waals surface area contributed by atoms with E-state index in [1.807, 2.05) is 42.5 Å². The van der Waals surface area contributed by atoms with E-state index in [9.17, 15) is 0 Å². The Bertz CT molecular complexity index is 506. The van der Waals surface area contributed by atoms with Gasteiger partial charge in [0.1, 0.15) is 0 Å². The van der Waals surface area contributed by atoms with Crippen LogP contribution in [0.3, 0.4) is 0 Å². The Kier molecular flexibility index (Phi) is 3.83. The van der Waals surface area contributed by atoms with E-state index >= 15 is 0 Å². The van der Waals surface area contributed by atoms with E-state index in [-0.39, 0.29) is 0 Å². The van der Waals surface area contributed by atoms with E-state index in [1.54, 1.807) is 18.7 Å². The van der Waals surface area contributed by atoms with Crippen molar-refractivity contribution < 1.29 is 5.21 Å². The topological polar surface area (TPSA) is 32.6 Å². The molecule has 0 radical (unpaired) electrons. The summed E-state index contributed by atoms with van der Waals surface area (Å²) in [6.07, 6.45) is 0. The van der Waals surface area contributed by atoms with Gasteiger partial charge in [-0.3, -0.25) is 0 Å². The SMILES string of the molecule is C/C(=N\O)c1ccc(Sc2ccccc2)cc1. The van der Waals surface area contributed by atoms with Gasteiger partial charge in [0.15, 0.2) is 0 Å². The summed E-state index contributed by atoms with van der Waals surface area (Å²) in [5.74, 6) is 0. The second kappa shape index (κ2) is 5.55. The van der Waals surface area contributed by atoms with Crippen LogP contribution in [0.1, 0.15) is 12.5 Å². The average Bonchev–Trinajstić information content (AvgIpc) is 2.40. The fraction of sp³-hybridized carbons (Fsp3) is 0.0714. The Labute approximate surface area is 105 Å². The highest BCUT2D eigenvalue weighted by molar-refractivity contribution is 7.99. The maximum atomic E-state index is 8.68. The van der Waals surface area contributed by atoms with Crippen LogP contribution >= 0.6 is 11.8 Å². The first-order valence-corrected chi connectivity index (χ1v) is 6.13. The van der Waals surface area contributed by atoms with Gasteiger partial charge in [0.05, 0.1) is 5.71 Å². The van der Waals surface area contributed by atoms with Crippen molar-refractivity contribution in [3.05, 3.63) is 60.2 Å². The quantitative estimate of drug-likeness (QED) is 0.501. The molecule has 2 aromatic rings. The minimum atomic E-state index is 0.626. The number of nitrogens with zero attached hydrogens (tertiary/aromatic N) is 1. The van der Waals surface area contributed by atoms with Crippen molar-refractivity contribution >= 4 is 17.5 Å². The van der Waals surface area contributed by atoms with Gasteiger partial charge in [-0.05, 0) is 36.8 Å². The van der Waals surface area contributed by atoms with Crippen LogP contribution in [0.5, 0.6) is 0 Å². The Hall–Kier alpha value is -1.74. The number of rotatable bonds is 3. The van der Waals surface area contributed by atoms with Crippen LogP contribution in [0.2, 0.25) is 0 Å². The third kappa shape index (κ3) is 3.11. The van der Waals surface area contributed by atoms with Gasteiger partial charge < -0.3 is 5.21 Å². The first-order valence-electron chi connectivity index (χ1n) is 5.31. The van der Waals surface area contributed by atoms with E-state index in [0.29, 0.717) is 5.71 Å². The molecule has 0 amide bonds. The highest BCUT2D eigenvalue weighted by Crippen LogP contribution is 2.27. The van der Waals surface area contributed by atoms with Crippen LogP contribution in [-0.2, 0) is 0 Å². The summed E-state index contributed by atoms with van der Waals surface area (Å²) < 4.78 is 0. The second-order valence-electron chi connectivity index (χ2n) is 3.62. The Morgan fingerprint density at radius 2 is 1.53 bits per heavy atom. The molecule has 0 bridgehead atoms. The van der Waals surface area contributed by atoms with Gasteiger partial charge in [0, 0.05) is 9.79 Å². The molecule has 0 saturated carbocycles. The lowest BCUT2D eigenvalue weighted by molar-refractivity contribution is 0.319. The smallest absolute Gasteiger partial charge is 0.0836 e. The molecule has 0 fully saturated rings. The van der Waals surface area contributed by atoms with Gasteiger partial charge in [-0.1, -0.05) is 47.2 Å². The van der Waals surface area contributed by atoms with Crippen molar-refractivity contribution in [3.8, 4) is 0 Å². The summed E-state index contributed by atoms with van der Waals surface area (Å²) in [6.45, 7) is 1.78. The van der Waals surface area contributed by atoms with Crippen LogP contribution in [0, 0.1) is 0 Å². The van der Waals surface area contributed by atoms with Gasteiger partial charge >= 0.3 is 0 Å². The molecule has 0 aromatic heterocycles. The first-order chi connectivity index (χ1) is 8.29. The molecule has 17 heavy (non-hydrogen) atoms. The van der Waals surface area contributed by atoms with Crippen LogP contribution in [0.4, 0.5) is 0 Å². The third-order valence-electron chi connectivity index (χ3n) is 2.40. The summed E-state index contributed by atoms with van der Waals surface area (Å²) in [5, 5.41) is 11.9. The summed E-state index contributed by atoms with van der Waals surface area (Å²) in [5.41, 5.74) is 1.56. The van der Waals surface area contributed by atoms with Gasteiger partial charge in [0.25, 0.3) is 0 Å². The number of oxime groups is 1. The average molecular weight is 243 g/mol. The van der Waals surface area contributed by atoms with E-state index in [4.69, 9.17) is 5.21 Å². The third-order valence-corrected chi connectivity index (χ3v) is 3.42. The summed E-state index contributed by atoms with van der Waals surface area (Å²) in [4.78, 5) is 2.39. The standard InChI is InChI=1S/C14H13NOS/c1-11(15-16)12-7-9-14(10-8-12)17-13-5-3-2-4-6-13/h2-10,16H,1H3/b15-11+. The Morgan fingerprint density at radius 3 is 2.12 bits per heavy atom. The maximum absolute atomic E-state index is 8.68. The van der Waals surface area contributed by atoms with Gasteiger partial charge in [-0.2, -0.15) is 0 Å². The van der Waals surface area contributed by atoms with Crippen LogP contribution in [-0.4, -0.2) is 10.9 Å². The molecule has 2 rings (SSSR count). The fourth-order valence-electron chi connectivity index (χ4n) is 1.45. The molecule has 3 heteroatoms. The molecule has 2 nitrogen and oxygen atoms in total. The minimum absolute atomic E-state index is 0.626. The summed E-state index contributed by atoms with van der Waals surface area (Å²) >= 11 is 1.71. The molecule has 0 unspecified atom stereocenters. The van der Waals surface area contributed by atoms with Gasteiger partial charge in [0.2, 0.25) is 0 Å². The zero-order chi connectivity index (χ0) is 12.1. The molecule has 2 aromatic carbocycles. The van der Waals surface area contributed by atoms with E-state index in [2.05, 4.69) is 17.3 Å². The lowest BCUT2D eigenvalue weighted by atomic mass is 10.1. The largest absolute Gasteiger partial charge is 0.411 e. The maximum Gasteiger partial charge on any atom is 0.0836 e. The van der Waals surface area contributed by atoms with Crippen molar-refractivity contribution in [2.45, 2.75) is 16.7 Å². The second-order valence-corrected chi connectivity index (χ2v) is 4.77. The Balaban J connectivity index is 2.14. The normalized spacial score (nSPS) is 11.5. The molecular weight excluding hydrogens is 230 g/mol. The number of benzene rings is 2.